The van der Waals surface area contributed by atoms with Gasteiger partial charge in [-0.15, -0.1) is 0 Å². The minimum absolute atomic E-state index is 0.0266. The zero-order chi connectivity index (χ0) is 29.7. The van der Waals surface area contributed by atoms with Crippen LogP contribution in [0.3, 0.4) is 0 Å². The Labute approximate surface area is 247 Å². The molecule has 3 aliphatic rings. The van der Waals surface area contributed by atoms with Crippen LogP contribution < -0.4 is 14.5 Å². The van der Waals surface area contributed by atoms with Gasteiger partial charge in [0.05, 0.1) is 39.9 Å². The maximum Gasteiger partial charge on any atom is 0.343 e. The summed E-state index contributed by atoms with van der Waals surface area (Å²) in [6, 6.07) is 29.1. The van der Waals surface area contributed by atoms with E-state index in [1.54, 1.807) is 48.5 Å². The van der Waals surface area contributed by atoms with Crippen LogP contribution in [0.2, 0.25) is 0 Å². The van der Waals surface area contributed by atoms with E-state index in [0.29, 0.717) is 18.5 Å². The summed E-state index contributed by atoms with van der Waals surface area (Å²) in [6.07, 6.45) is 2.06. The monoisotopic (exact) mass is 570 g/mol. The van der Waals surface area contributed by atoms with E-state index in [9.17, 15) is 24.0 Å². The van der Waals surface area contributed by atoms with E-state index in [1.807, 2.05) is 18.2 Å². The summed E-state index contributed by atoms with van der Waals surface area (Å²) >= 11 is 0. The number of imide groups is 2. The first kappa shape index (κ1) is 26.5. The van der Waals surface area contributed by atoms with Gasteiger partial charge in [-0.05, 0) is 73.2 Å². The van der Waals surface area contributed by atoms with Crippen molar-refractivity contribution >= 4 is 41.0 Å². The predicted octanol–water partition coefficient (Wildman–Crippen LogP) is 5.78. The molecule has 1 saturated carbocycles. The molecule has 4 aromatic carbocycles. The van der Waals surface area contributed by atoms with Gasteiger partial charge in [0.15, 0.2) is 5.75 Å². The van der Waals surface area contributed by atoms with Crippen LogP contribution in [-0.4, -0.2) is 29.6 Å². The van der Waals surface area contributed by atoms with E-state index >= 15 is 0 Å². The van der Waals surface area contributed by atoms with Gasteiger partial charge in [0.1, 0.15) is 0 Å². The third-order valence-corrected chi connectivity index (χ3v) is 8.64. The fourth-order valence-corrected chi connectivity index (χ4v) is 6.53. The van der Waals surface area contributed by atoms with Gasteiger partial charge < -0.3 is 4.74 Å². The van der Waals surface area contributed by atoms with Gasteiger partial charge in [-0.1, -0.05) is 60.7 Å². The highest BCUT2D eigenvalue weighted by molar-refractivity contribution is 6.35. The summed E-state index contributed by atoms with van der Waals surface area (Å²) in [7, 11) is 0. The largest absolute Gasteiger partial charge is 0.421 e. The molecular weight excluding hydrogens is 544 g/mol. The number of amides is 4. The maximum absolute atomic E-state index is 13.6. The lowest BCUT2D eigenvalue weighted by molar-refractivity contribution is -0.122. The Morgan fingerprint density at radius 1 is 0.651 bits per heavy atom. The molecule has 0 bridgehead atoms. The van der Waals surface area contributed by atoms with E-state index in [1.165, 1.54) is 34.7 Å². The Kier molecular flexibility index (Phi) is 6.46. The molecular formula is C35H26N2O6. The van der Waals surface area contributed by atoms with Gasteiger partial charge in [0.2, 0.25) is 11.8 Å². The second-order valence-electron chi connectivity index (χ2n) is 11.0. The molecule has 0 spiro atoms. The standard InChI is InChI=1S/C35H26N2O6/c38-31-27-18-17-22(21-9-2-1-3-10-21)20-28(27)34(41)36(31)24-12-8-11-23(19-24)35(42)43-30-16-7-6-15-29(30)37-32(39)25-13-4-5-14-26(25)33(37)40/h1-16,19,22,27-28H,17-18,20H2/t22-,27-,28+/m1/s1. The lowest BCUT2D eigenvalue weighted by atomic mass is 9.73. The minimum atomic E-state index is -0.758. The van der Waals surface area contributed by atoms with Gasteiger partial charge in [0.25, 0.3) is 11.8 Å². The number of nitrogens with zero attached hydrogens (tertiary/aromatic N) is 2. The molecule has 4 amide bonds. The number of hydrogen-bond acceptors (Lipinski definition) is 6. The molecule has 2 fully saturated rings. The Morgan fingerprint density at radius 2 is 1.30 bits per heavy atom. The van der Waals surface area contributed by atoms with Crippen LogP contribution in [0.5, 0.6) is 5.75 Å². The number of anilines is 2. The minimum Gasteiger partial charge on any atom is -0.421 e. The van der Waals surface area contributed by atoms with Gasteiger partial charge in [-0.25, -0.2) is 9.69 Å². The van der Waals surface area contributed by atoms with Crippen LogP contribution in [0.25, 0.3) is 0 Å². The van der Waals surface area contributed by atoms with Crippen LogP contribution in [-0.2, 0) is 9.59 Å². The van der Waals surface area contributed by atoms with Crippen LogP contribution >= 0.6 is 0 Å². The quantitative estimate of drug-likeness (QED) is 0.171. The normalized spacial score (nSPS) is 21.2. The highest BCUT2D eigenvalue weighted by atomic mass is 16.5. The maximum atomic E-state index is 13.6. The van der Waals surface area contributed by atoms with E-state index in [0.717, 1.165) is 11.3 Å². The zero-order valence-corrected chi connectivity index (χ0v) is 23.0. The highest BCUT2D eigenvalue weighted by Crippen LogP contribution is 2.45. The predicted molar refractivity (Wildman–Crippen MR) is 158 cm³/mol. The first-order valence-corrected chi connectivity index (χ1v) is 14.2. The van der Waals surface area contributed by atoms with E-state index < -0.39 is 23.7 Å². The summed E-state index contributed by atoms with van der Waals surface area (Å²) in [5.41, 5.74) is 2.29. The molecule has 8 heteroatoms. The summed E-state index contributed by atoms with van der Waals surface area (Å²) in [5.74, 6) is -2.82. The first-order valence-electron chi connectivity index (χ1n) is 14.2. The Balaban J connectivity index is 1.12. The fraction of sp³-hybridized carbons (Fsp3) is 0.171. The van der Waals surface area contributed by atoms with Gasteiger partial charge in [-0.3, -0.25) is 24.1 Å². The summed E-state index contributed by atoms with van der Waals surface area (Å²) < 4.78 is 5.70. The average molecular weight is 571 g/mol. The third kappa shape index (κ3) is 4.43. The second-order valence-corrected chi connectivity index (χ2v) is 11.0. The van der Waals surface area contributed by atoms with Crippen molar-refractivity contribution in [1.82, 2.24) is 0 Å². The van der Waals surface area contributed by atoms with Crippen molar-refractivity contribution in [1.29, 1.82) is 0 Å². The second kappa shape index (κ2) is 10.5. The van der Waals surface area contributed by atoms with Crippen molar-refractivity contribution in [3.8, 4) is 5.75 Å². The molecule has 0 aromatic heterocycles. The molecule has 212 valence electrons. The number of rotatable bonds is 5. The molecule has 3 atom stereocenters. The molecule has 4 aromatic rings. The Hall–Kier alpha value is -5.37. The zero-order valence-electron chi connectivity index (χ0n) is 23.0. The topological polar surface area (TPSA) is 101 Å². The van der Waals surface area contributed by atoms with Crippen molar-refractivity contribution in [2.75, 3.05) is 9.80 Å². The third-order valence-electron chi connectivity index (χ3n) is 8.64. The molecule has 1 aliphatic carbocycles. The Bertz CT molecular complexity index is 1780. The number of carbonyl (C=O) groups excluding carboxylic acids is 5. The smallest absolute Gasteiger partial charge is 0.343 e. The van der Waals surface area contributed by atoms with Crippen molar-refractivity contribution in [2.45, 2.75) is 25.2 Å². The van der Waals surface area contributed by atoms with Crippen molar-refractivity contribution in [3.63, 3.8) is 0 Å². The number of carbonyl (C=O) groups is 5. The number of hydrogen-bond donors (Lipinski definition) is 0. The molecule has 0 N–H and O–H groups in total. The van der Waals surface area contributed by atoms with Crippen LogP contribution in [0.1, 0.15) is 61.8 Å². The molecule has 7 rings (SSSR count). The Morgan fingerprint density at radius 3 is 2.05 bits per heavy atom. The number of ether oxygens (including phenoxy) is 1. The van der Waals surface area contributed by atoms with Gasteiger partial charge in [0, 0.05) is 0 Å². The van der Waals surface area contributed by atoms with Crippen LogP contribution in [0.15, 0.2) is 103 Å². The number of para-hydroxylation sites is 2. The lowest BCUT2D eigenvalue weighted by Crippen LogP contribution is -2.31. The van der Waals surface area contributed by atoms with Crippen molar-refractivity contribution in [2.24, 2.45) is 11.8 Å². The number of esters is 1. The highest BCUT2D eigenvalue weighted by Gasteiger charge is 2.50. The molecule has 8 nitrogen and oxygen atoms in total. The van der Waals surface area contributed by atoms with Crippen LogP contribution in [0, 0.1) is 11.8 Å². The van der Waals surface area contributed by atoms with Crippen molar-refractivity contribution < 1.29 is 28.7 Å². The fourth-order valence-electron chi connectivity index (χ4n) is 6.53. The van der Waals surface area contributed by atoms with Gasteiger partial charge >= 0.3 is 5.97 Å². The molecule has 2 aliphatic heterocycles. The number of fused-ring (bicyclic) bond motifs is 2. The summed E-state index contributed by atoms with van der Waals surface area (Å²) in [4.78, 5) is 68.7. The SMILES string of the molecule is O=C(Oc1ccccc1N1C(=O)c2ccccc2C1=O)c1cccc(N2C(=O)[C@H]3C[C@H](c4ccccc4)CC[C@H]3C2=O)c1. The first-order chi connectivity index (χ1) is 20.9. The van der Waals surface area contributed by atoms with E-state index in [4.69, 9.17) is 4.74 Å². The average Bonchev–Trinajstić information content (AvgIpc) is 3.45. The van der Waals surface area contributed by atoms with Crippen LogP contribution in [0.4, 0.5) is 11.4 Å². The summed E-state index contributed by atoms with van der Waals surface area (Å²) in [5, 5.41) is 0. The molecule has 43 heavy (non-hydrogen) atoms. The van der Waals surface area contributed by atoms with Gasteiger partial charge in [-0.2, -0.15) is 0 Å². The van der Waals surface area contributed by atoms with Crippen molar-refractivity contribution in [3.05, 3.63) is 125 Å². The summed E-state index contributed by atoms with van der Waals surface area (Å²) in [6.45, 7) is 0. The molecule has 1 saturated heterocycles. The molecule has 2 heterocycles. The molecule has 0 unspecified atom stereocenters. The molecule has 0 radical (unpaired) electrons. The van der Waals surface area contributed by atoms with E-state index in [-0.39, 0.29) is 51.8 Å². The number of benzene rings is 4. The van der Waals surface area contributed by atoms with E-state index in [2.05, 4.69) is 12.1 Å². The lowest BCUT2D eigenvalue weighted by Gasteiger charge is -2.28.